The molecule has 0 bridgehead atoms. The largest absolute Gasteiger partial charge is 0.329 e. The lowest BCUT2D eigenvalue weighted by Crippen LogP contribution is -2.25. The molecule has 0 spiro atoms. The maximum atomic E-state index is 5.25. The summed E-state index contributed by atoms with van der Waals surface area (Å²) in [6, 6.07) is 0. The molecule has 0 aromatic heterocycles. The van der Waals surface area contributed by atoms with E-state index in [1.54, 1.807) is 0 Å². The third-order valence-corrected chi connectivity index (χ3v) is 0.874. The molecule has 0 amide bonds. The lowest BCUT2D eigenvalue weighted by Gasteiger charge is -2.03. The normalized spacial score (nSPS) is 9.00. The fourth-order valence-electron chi connectivity index (χ4n) is 0.493. The Balaban J connectivity index is 0. The summed E-state index contributed by atoms with van der Waals surface area (Å²) < 4.78 is 0. The van der Waals surface area contributed by atoms with Gasteiger partial charge in [0.2, 0.25) is 0 Å². The van der Waals surface area contributed by atoms with Crippen molar-refractivity contribution in [2.24, 2.45) is 11.7 Å². The molecule has 0 aliphatic heterocycles. The van der Waals surface area contributed by atoms with Gasteiger partial charge >= 0.3 is 0 Å². The van der Waals surface area contributed by atoms with Gasteiger partial charge in [-0.25, -0.2) is 0 Å². The molecule has 3 N–H and O–H groups in total. The number of hydrogen-bond donors (Lipinski definition) is 2. The Morgan fingerprint density at radius 1 is 1.30 bits per heavy atom. The number of rotatable bonds is 4. The number of nitrogens with two attached hydrogens (primary N) is 1. The van der Waals surface area contributed by atoms with Crippen LogP contribution in [0.25, 0.3) is 0 Å². The van der Waals surface area contributed by atoms with E-state index >= 15 is 0 Å². The second-order valence-corrected chi connectivity index (χ2v) is 2.39. The second-order valence-electron chi connectivity index (χ2n) is 2.39. The van der Waals surface area contributed by atoms with Crippen LogP contribution in [0.15, 0.2) is 0 Å². The van der Waals surface area contributed by atoms with Gasteiger partial charge < -0.3 is 11.1 Å². The quantitative estimate of drug-likeness (QED) is 0.585. The highest BCUT2D eigenvalue weighted by molar-refractivity contribution is 4.49. The van der Waals surface area contributed by atoms with Crippen LogP contribution in [0.2, 0.25) is 0 Å². The molecule has 0 radical (unpaired) electrons. The van der Waals surface area contributed by atoms with Gasteiger partial charge in [-0.2, -0.15) is 0 Å². The van der Waals surface area contributed by atoms with Crippen molar-refractivity contribution in [3.05, 3.63) is 0 Å². The van der Waals surface area contributed by atoms with Crippen LogP contribution in [0.3, 0.4) is 0 Å². The topological polar surface area (TPSA) is 38.0 Å². The molecule has 0 atom stereocenters. The smallest absolute Gasteiger partial charge is 0.00746 e. The lowest BCUT2D eigenvalue weighted by atomic mass is 10.2. The van der Waals surface area contributed by atoms with Gasteiger partial charge in [-0.15, -0.1) is 0 Å². The molecule has 0 aliphatic rings. The van der Waals surface area contributed by atoms with E-state index in [-0.39, 0.29) is 0 Å². The maximum Gasteiger partial charge on any atom is 0.00746 e. The summed E-state index contributed by atoms with van der Waals surface area (Å²) in [7, 11) is 0. The van der Waals surface area contributed by atoms with Crippen LogP contribution in [-0.4, -0.2) is 19.6 Å². The number of hydrogen-bond acceptors (Lipinski definition) is 2. The highest BCUT2D eigenvalue weighted by atomic mass is 14.9. The average molecular weight is 146 g/mol. The highest BCUT2D eigenvalue weighted by Gasteiger charge is 1.88. The molecule has 0 saturated carbocycles. The summed E-state index contributed by atoms with van der Waals surface area (Å²) in [6.07, 6.45) is 0. The van der Waals surface area contributed by atoms with Gasteiger partial charge in [-0.1, -0.05) is 27.7 Å². The Labute approximate surface area is 65.2 Å². The van der Waals surface area contributed by atoms with Crippen molar-refractivity contribution < 1.29 is 0 Å². The van der Waals surface area contributed by atoms with Crippen LogP contribution >= 0.6 is 0 Å². The fraction of sp³-hybridized carbons (Fsp3) is 1.00. The van der Waals surface area contributed by atoms with E-state index in [0.29, 0.717) is 0 Å². The third kappa shape index (κ3) is 15.7. The van der Waals surface area contributed by atoms with Gasteiger partial charge in [-0.05, 0) is 12.5 Å². The first-order chi connectivity index (χ1) is 4.77. The van der Waals surface area contributed by atoms with Crippen LogP contribution in [0.4, 0.5) is 0 Å². The minimum atomic E-state index is 0.738. The van der Waals surface area contributed by atoms with Gasteiger partial charge in [0, 0.05) is 13.1 Å². The van der Waals surface area contributed by atoms with Crippen LogP contribution in [0.1, 0.15) is 27.7 Å². The molecule has 0 aromatic carbocycles. The van der Waals surface area contributed by atoms with E-state index in [2.05, 4.69) is 19.2 Å². The Hall–Kier alpha value is -0.0800. The van der Waals surface area contributed by atoms with Gasteiger partial charge in [0.25, 0.3) is 0 Å². The van der Waals surface area contributed by atoms with Crippen molar-refractivity contribution in [3.63, 3.8) is 0 Å². The third-order valence-electron chi connectivity index (χ3n) is 0.874. The van der Waals surface area contributed by atoms with E-state index in [0.717, 1.165) is 25.6 Å². The van der Waals surface area contributed by atoms with Crippen molar-refractivity contribution in [1.29, 1.82) is 0 Å². The Bertz CT molecular complexity index is 44.5. The second kappa shape index (κ2) is 11.7. The zero-order valence-corrected chi connectivity index (χ0v) is 7.78. The predicted molar refractivity (Wildman–Crippen MR) is 48.1 cm³/mol. The van der Waals surface area contributed by atoms with Crippen molar-refractivity contribution >= 4 is 0 Å². The van der Waals surface area contributed by atoms with Crippen LogP contribution in [0, 0.1) is 5.92 Å². The van der Waals surface area contributed by atoms with Crippen molar-refractivity contribution in [2.45, 2.75) is 27.7 Å². The van der Waals surface area contributed by atoms with E-state index in [1.807, 2.05) is 13.8 Å². The number of nitrogens with one attached hydrogen (secondary N) is 1. The summed E-state index contributed by atoms with van der Waals surface area (Å²) >= 11 is 0. The van der Waals surface area contributed by atoms with Crippen LogP contribution in [-0.2, 0) is 0 Å². The minimum absolute atomic E-state index is 0.738. The fourth-order valence-corrected chi connectivity index (χ4v) is 0.493. The van der Waals surface area contributed by atoms with Crippen molar-refractivity contribution in [2.75, 3.05) is 19.6 Å². The summed E-state index contributed by atoms with van der Waals surface area (Å²) in [5.74, 6) is 0.738. The van der Waals surface area contributed by atoms with E-state index in [1.165, 1.54) is 0 Å². The molecule has 10 heavy (non-hydrogen) atoms. The molecule has 2 heteroatoms. The molecular weight excluding hydrogens is 124 g/mol. The molecule has 64 valence electrons. The van der Waals surface area contributed by atoms with E-state index < -0.39 is 0 Å². The van der Waals surface area contributed by atoms with Crippen molar-refractivity contribution in [1.82, 2.24) is 5.32 Å². The van der Waals surface area contributed by atoms with Crippen LogP contribution < -0.4 is 11.1 Å². The highest BCUT2D eigenvalue weighted by Crippen LogP contribution is 1.84. The summed E-state index contributed by atoms with van der Waals surface area (Å²) in [5.41, 5.74) is 5.25. The molecule has 0 fully saturated rings. The minimum Gasteiger partial charge on any atom is -0.329 e. The molecule has 2 nitrogen and oxygen atoms in total. The van der Waals surface area contributed by atoms with E-state index in [9.17, 15) is 0 Å². The summed E-state index contributed by atoms with van der Waals surface area (Å²) in [6.45, 7) is 11.1. The first-order valence-electron chi connectivity index (χ1n) is 4.18. The summed E-state index contributed by atoms with van der Waals surface area (Å²) in [4.78, 5) is 0. The Morgan fingerprint density at radius 3 is 2.10 bits per heavy atom. The molecule has 0 aromatic rings. The van der Waals surface area contributed by atoms with Crippen molar-refractivity contribution in [3.8, 4) is 0 Å². The maximum absolute atomic E-state index is 5.25. The molecule has 0 unspecified atom stereocenters. The average Bonchev–Trinajstić information content (AvgIpc) is 1.92. The molecule has 0 saturated heterocycles. The van der Waals surface area contributed by atoms with Gasteiger partial charge in [0.1, 0.15) is 0 Å². The Morgan fingerprint density at radius 2 is 1.80 bits per heavy atom. The zero-order chi connectivity index (χ0) is 8.41. The monoisotopic (exact) mass is 146 g/mol. The first kappa shape index (κ1) is 12.6. The van der Waals surface area contributed by atoms with E-state index in [4.69, 9.17) is 5.73 Å². The van der Waals surface area contributed by atoms with Gasteiger partial charge in [-0.3, -0.25) is 0 Å². The predicted octanol–water partition coefficient (Wildman–Crippen LogP) is 1.22. The molecular formula is C8H22N2. The molecule has 0 rings (SSSR count). The van der Waals surface area contributed by atoms with Crippen LogP contribution in [0.5, 0.6) is 0 Å². The zero-order valence-electron chi connectivity index (χ0n) is 7.78. The molecule has 0 aliphatic carbocycles. The SMILES string of the molecule is CC.CC(C)CNCCN. The lowest BCUT2D eigenvalue weighted by molar-refractivity contribution is 0.558. The van der Waals surface area contributed by atoms with Gasteiger partial charge in [0.05, 0.1) is 0 Å². The van der Waals surface area contributed by atoms with Gasteiger partial charge in [0.15, 0.2) is 0 Å². The Kier molecular flexibility index (Phi) is 14.7. The standard InChI is InChI=1S/C6H16N2.C2H6/c1-6(2)5-8-4-3-7;1-2/h6,8H,3-5,7H2,1-2H3;1-2H3. The summed E-state index contributed by atoms with van der Waals surface area (Å²) in [5, 5.41) is 3.21. The first-order valence-corrected chi connectivity index (χ1v) is 4.18. The molecule has 0 heterocycles.